The summed E-state index contributed by atoms with van der Waals surface area (Å²) in [6.45, 7) is 3.17. The number of nitrogens with zero attached hydrogens (tertiary/aromatic N) is 1. The van der Waals surface area contributed by atoms with E-state index in [1.54, 1.807) is 11.3 Å². The van der Waals surface area contributed by atoms with E-state index in [0.29, 0.717) is 12.5 Å². The highest BCUT2D eigenvalue weighted by molar-refractivity contribution is 7.08. The van der Waals surface area contributed by atoms with Gasteiger partial charge in [0, 0.05) is 25.0 Å². The lowest BCUT2D eigenvalue weighted by Gasteiger charge is -2.33. The molecular weight excluding hydrogens is 298 g/mol. The maximum atomic E-state index is 12.4. The second-order valence-electron chi connectivity index (χ2n) is 6.17. The quantitative estimate of drug-likeness (QED) is 0.883. The molecule has 0 aromatic carbocycles. The smallest absolute Gasteiger partial charge is 0.254 e. The van der Waals surface area contributed by atoms with Gasteiger partial charge in [0.1, 0.15) is 0 Å². The third-order valence-electron chi connectivity index (χ3n) is 4.52. The minimum absolute atomic E-state index is 0.0212. The van der Waals surface area contributed by atoms with Crippen molar-refractivity contribution in [3.05, 3.63) is 22.4 Å². The first kappa shape index (κ1) is 15.5. The maximum absolute atomic E-state index is 12.4. The molecule has 2 N–H and O–H groups in total. The average molecular weight is 321 g/mol. The van der Waals surface area contributed by atoms with E-state index in [9.17, 15) is 9.59 Å². The van der Waals surface area contributed by atoms with Gasteiger partial charge >= 0.3 is 0 Å². The third-order valence-corrected chi connectivity index (χ3v) is 5.20. The van der Waals surface area contributed by atoms with Crippen molar-refractivity contribution in [1.82, 2.24) is 15.5 Å². The first-order valence-corrected chi connectivity index (χ1v) is 9.01. The number of carbonyl (C=O) groups excluding carboxylic acids is 2. The van der Waals surface area contributed by atoms with Crippen molar-refractivity contribution in [2.45, 2.75) is 31.7 Å². The standard InChI is InChI=1S/C16H23N3O2S/c20-15(14-4-1-6-17-14)18-9-12-3-2-7-19(10-12)16(21)13-5-8-22-11-13/h5,8,11-12,14,17H,1-4,6-7,9-10H2,(H,18,20)/t12-,14-/m0/s1. The lowest BCUT2D eigenvalue weighted by Crippen LogP contribution is -2.46. The van der Waals surface area contributed by atoms with Gasteiger partial charge in [-0.15, -0.1) is 0 Å². The molecule has 2 aliphatic rings. The molecule has 1 aromatic rings. The SMILES string of the molecule is O=C(NC[C@@H]1CCCN(C(=O)c2ccsc2)C1)[C@@H]1CCCN1. The number of rotatable bonds is 4. The molecule has 3 rings (SSSR count). The number of amides is 2. The van der Waals surface area contributed by atoms with Crippen LogP contribution in [0.25, 0.3) is 0 Å². The third kappa shape index (κ3) is 3.67. The lowest BCUT2D eigenvalue weighted by molar-refractivity contribution is -0.123. The summed E-state index contributed by atoms with van der Waals surface area (Å²) in [5, 5.41) is 10.1. The monoisotopic (exact) mass is 321 g/mol. The van der Waals surface area contributed by atoms with Crippen LogP contribution in [0.2, 0.25) is 0 Å². The molecule has 2 aliphatic heterocycles. The molecule has 5 nitrogen and oxygen atoms in total. The van der Waals surface area contributed by atoms with Crippen molar-refractivity contribution in [3.8, 4) is 0 Å². The highest BCUT2D eigenvalue weighted by Crippen LogP contribution is 2.19. The number of carbonyl (C=O) groups is 2. The summed E-state index contributed by atoms with van der Waals surface area (Å²) in [7, 11) is 0. The van der Waals surface area contributed by atoms with Crippen LogP contribution in [0.15, 0.2) is 16.8 Å². The first-order chi connectivity index (χ1) is 10.7. The van der Waals surface area contributed by atoms with E-state index in [4.69, 9.17) is 0 Å². The predicted octanol–water partition coefficient (Wildman–Crippen LogP) is 1.47. The lowest BCUT2D eigenvalue weighted by atomic mass is 9.97. The minimum atomic E-state index is -0.0212. The summed E-state index contributed by atoms with van der Waals surface area (Å²) in [5.41, 5.74) is 0.782. The summed E-state index contributed by atoms with van der Waals surface area (Å²) in [6.07, 6.45) is 4.09. The summed E-state index contributed by atoms with van der Waals surface area (Å²) in [4.78, 5) is 26.4. The Morgan fingerprint density at radius 2 is 2.27 bits per heavy atom. The van der Waals surface area contributed by atoms with Gasteiger partial charge in [-0.2, -0.15) is 11.3 Å². The van der Waals surface area contributed by atoms with Crippen molar-refractivity contribution in [2.24, 2.45) is 5.92 Å². The van der Waals surface area contributed by atoms with E-state index in [0.717, 1.165) is 50.9 Å². The van der Waals surface area contributed by atoms with E-state index in [-0.39, 0.29) is 17.9 Å². The number of hydrogen-bond donors (Lipinski definition) is 2. The minimum Gasteiger partial charge on any atom is -0.354 e. The molecule has 2 fully saturated rings. The Morgan fingerprint density at radius 3 is 3.00 bits per heavy atom. The van der Waals surface area contributed by atoms with E-state index in [1.807, 2.05) is 21.7 Å². The Bertz CT molecular complexity index is 511. The zero-order chi connectivity index (χ0) is 15.4. The molecule has 2 amide bonds. The van der Waals surface area contributed by atoms with Crippen LogP contribution >= 0.6 is 11.3 Å². The summed E-state index contributed by atoms with van der Waals surface area (Å²) < 4.78 is 0. The number of thiophene rings is 1. The first-order valence-electron chi connectivity index (χ1n) is 8.06. The number of hydrogen-bond acceptors (Lipinski definition) is 4. The fourth-order valence-corrected chi connectivity index (χ4v) is 3.89. The van der Waals surface area contributed by atoms with Gasteiger partial charge in [0.15, 0.2) is 0 Å². The van der Waals surface area contributed by atoms with Gasteiger partial charge in [-0.05, 0) is 49.6 Å². The van der Waals surface area contributed by atoms with Gasteiger partial charge in [0.05, 0.1) is 11.6 Å². The molecule has 6 heteroatoms. The van der Waals surface area contributed by atoms with Gasteiger partial charge in [-0.25, -0.2) is 0 Å². The molecule has 3 heterocycles. The molecule has 0 spiro atoms. The van der Waals surface area contributed by atoms with Crippen LogP contribution in [0.3, 0.4) is 0 Å². The number of nitrogens with one attached hydrogen (secondary N) is 2. The summed E-state index contributed by atoms with van der Waals surface area (Å²) in [6, 6.07) is 1.86. The molecular formula is C16H23N3O2S. The number of piperidine rings is 1. The number of likely N-dealkylation sites (tertiary alicyclic amines) is 1. The summed E-state index contributed by atoms with van der Waals surface area (Å²) in [5.74, 6) is 0.593. The predicted molar refractivity (Wildman–Crippen MR) is 87.0 cm³/mol. The second kappa shape index (κ2) is 7.24. The second-order valence-corrected chi connectivity index (χ2v) is 6.95. The molecule has 2 atom stereocenters. The van der Waals surface area contributed by atoms with Crippen LogP contribution in [0.1, 0.15) is 36.0 Å². The fraction of sp³-hybridized carbons (Fsp3) is 0.625. The molecule has 0 saturated carbocycles. The average Bonchev–Trinajstić information content (AvgIpc) is 3.25. The Balaban J connectivity index is 1.48. The van der Waals surface area contributed by atoms with Gasteiger partial charge in [0.2, 0.25) is 5.91 Å². The zero-order valence-electron chi connectivity index (χ0n) is 12.7. The van der Waals surface area contributed by atoms with Crippen LogP contribution in [0.4, 0.5) is 0 Å². The van der Waals surface area contributed by atoms with Gasteiger partial charge < -0.3 is 15.5 Å². The molecule has 0 radical (unpaired) electrons. The van der Waals surface area contributed by atoms with Crippen LogP contribution in [-0.4, -0.2) is 48.9 Å². The van der Waals surface area contributed by atoms with Crippen molar-refractivity contribution >= 4 is 23.2 Å². The van der Waals surface area contributed by atoms with Crippen molar-refractivity contribution < 1.29 is 9.59 Å². The normalized spacial score (nSPS) is 25.2. The largest absolute Gasteiger partial charge is 0.354 e. The van der Waals surface area contributed by atoms with Crippen LogP contribution < -0.4 is 10.6 Å². The Morgan fingerprint density at radius 1 is 1.36 bits per heavy atom. The van der Waals surface area contributed by atoms with E-state index in [2.05, 4.69) is 10.6 Å². The Labute approximate surface area is 135 Å². The summed E-state index contributed by atoms with van der Waals surface area (Å²) >= 11 is 1.55. The van der Waals surface area contributed by atoms with Crippen LogP contribution in [0, 0.1) is 5.92 Å². The molecule has 2 saturated heterocycles. The van der Waals surface area contributed by atoms with E-state index >= 15 is 0 Å². The highest BCUT2D eigenvalue weighted by Gasteiger charge is 2.26. The van der Waals surface area contributed by atoms with Crippen LogP contribution in [0.5, 0.6) is 0 Å². The molecule has 0 bridgehead atoms. The van der Waals surface area contributed by atoms with Crippen molar-refractivity contribution in [1.29, 1.82) is 0 Å². The molecule has 0 unspecified atom stereocenters. The Kier molecular flexibility index (Phi) is 5.10. The molecule has 0 aliphatic carbocycles. The van der Waals surface area contributed by atoms with E-state index in [1.165, 1.54) is 0 Å². The van der Waals surface area contributed by atoms with Gasteiger partial charge in [-0.1, -0.05) is 0 Å². The zero-order valence-corrected chi connectivity index (χ0v) is 13.5. The van der Waals surface area contributed by atoms with Crippen LogP contribution in [-0.2, 0) is 4.79 Å². The van der Waals surface area contributed by atoms with Gasteiger partial charge in [0.25, 0.3) is 5.91 Å². The molecule has 120 valence electrons. The molecule has 1 aromatic heterocycles. The van der Waals surface area contributed by atoms with Crippen molar-refractivity contribution in [3.63, 3.8) is 0 Å². The topological polar surface area (TPSA) is 61.4 Å². The fourth-order valence-electron chi connectivity index (χ4n) is 3.26. The molecule has 22 heavy (non-hydrogen) atoms. The van der Waals surface area contributed by atoms with Gasteiger partial charge in [-0.3, -0.25) is 9.59 Å². The maximum Gasteiger partial charge on any atom is 0.254 e. The Hall–Kier alpha value is -1.40. The van der Waals surface area contributed by atoms with Crippen molar-refractivity contribution in [2.75, 3.05) is 26.2 Å². The highest BCUT2D eigenvalue weighted by atomic mass is 32.1. The van der Waals surface area contributed by atoms with E-state index < -0.39 is 0 Å².